The van der Waals surface area contributed by atoms with Gasteiger partial charge >= 0.3 is 0 Å². The van der Waals surface area contributed by atoms with Gasteiger partial charge in [0.25, 0.3) is 0 Å². The summed E-state index contributed by atoms with van der Waals surface area (Å²) < 4.78 is 0. The fraction of sp³-hybridized carbons (Fsp3) is 0.407. The molecule has 0 bridgehead atoms. The lowest BCUT2D eigenvalue weighted by Gasteiger charge is -2.47. The van der Waals surface area contributed by atoms with Crippen LogP contribution in [0.5, 0.6) is 0 Å². The second-order valence-corrected chi connectivity index (χ2v) is 10.4. The fourth-order valence-electron chi connectivity index (χ4n) is 6.17. The number of hydrogen-bond donors (Lipinski definition) is 1. The van der Waals surface area contributed by atoms with E-state index in [-0.39, 0.29) is 11.3 Å². The molecule has 35 heavy (non-hydrogen) atoms. The van der Waals surface area contributed by atoms with Gasteiger partial charge in [0.1, 0.15) is 17.5 Å². The van der Waals surface area contributed by atoms with Crippen molar-refractivity contribution in [3.63, 3.8) is 0 Å². The van der Waals surface area contributed by atoms with Crippen LogP contribution in [0.25, 0.3) is 22.0 Å². The van der Waals surface area contributed by atoms with E-state index < -0.39 is 0 Å². The molecule has 0 saturated carbocycles. The van der Waals surface area contributed by atoms with Gasteiger partial charge in [-0.3, -0.25) is 9.89 Å². The van der Waals surface area contributed by atoms with Crippen LogP contribution in [-0.2, 0) is 17.8 Å². The second-order valence-electron chi connectivity index (χ2n) is 10.4. The summed E-state index contributed by atoms with van der Waals surface area (Å²) in [6.45, 7) is 10.6. The highest BCUT2D eigenvalue weighted by Gasteiger charge is 2.49. The van der Waals surface area contributed by atoms with E-state index in [0.29, 0.717) is 5.56 Å². The minimum Gasteiger partial charge on any atom is -0.355 e. The number of carbonyl (C=O) groups excluding carboxylic acids is 1. The summed E-state index contributed by atoms with van der Waals surface area (Å²) in [7, 11) is 2.12. The number of pyridine rings is 1. The molecule has 2 saturated heterocycles. The van der Waals surface area contributed by atoms with Crippen LogP contribution in [0.4, 0.5) is 5.82 Å². The Morgan fingerprint density at radius 1 is 1.26 bits per heavy atom. The van der Waals surface area contributed by atoms with Crippen molar-refractivity contribution < 1.29 is 4.79 Å². The van der Waals surface area contributed by atoms with Gasteiger partial charge in [-0.1, -0.05) is 12.6 Å². The summed E-state index contributed by atoms with van der Waals surface area (Å²) in [6.07, 6.45) is 5.10. The van der Waals surface area contributed by atoms with E-state index in [4.69, 9.17) is 4.98 Å². The summed E-state index contributed by atoms with van der Waals surface area (Å²) in [5, 5.41) is 18.9. The van der Waals surface area contributed by atoms with E-state index in [0.717, 1.165) is 96.8 Å². The van der Waals surface area contributed by atoms with Crippen LogP contribution < -0.4 is 4.90 Å². The normalized spacial score (nSPS) is 19.0. The highest BCUT2D eigenvalue weighted by molar-refractivity contribution is 5.99. The monoisotopic (exact) mass is 467 g/mol. The van der Waals surface area contributed by atoms with Gasteiger partial charge in [0.2, 0.25) is 5.91 Å². The number of nitrogens with one attached hydrogen (secondary N) is 1. The Labute approximate surface area is 204 Å². The van der Waals surface area contributed by atoms with Gasteiger partial charge in [-0.05, 0) is 49.2 Å². The Kier molecular flexibility index (Phi) is 4.94. The van der Waals surface area contributed by atoms with E-state index in [9.17, 15) is 10.1 Å². The van der Waals surface area contributed by atoms with Crippen LogP contribution in [0.3, 0.4) is 0 Å². The van der Waals surface area contributed by atoms with Crippen molar-refractivity contribution in [1.29, 1.82) is 5.26 Å². The molecule has 0 radical (unpaired) electrons. The second kappa shape index (κ2) is 7.92. The van der Waals surface area contributed by atoms with Gasteiger partial charge < -0.3 is 14.7 Å². The van der Waals surface area contributed by atoms with Crippen molar-refractivity contribution in [3.8, 4) is 17.2 Å². The molecular weight excluding hydrogens is 438 g/mol. The summed E-state index contributed by atoms with van der Waals surface area (Å²) in [5.74, 6) is 0.782. The Bertz CT molecular complexity index is 1410. The number of likely N-dealkylation sites (tertiary alicyclic amines) is 1. The smallest absolute Gasteiger partial charge is 0.245 e. The number of rotatable bonds is 3. The fourth-order valence-corrected chi connectivity index (χ4v) is 6.17. The van der Waals surface area contributed by atoms with Crippen LogP contribution in [0.1, 0.15) is 28.8 Å². The van der Waals surface area contributed by atoms with Gasteiger partial charge in [-0.25, -0.2) is 4.98 Å². The van der Waals surface area contributed by atoms with Gasteiger partial charge in [0.15, 0.2) is 0 Å². The summed E-state index contributed by atoms with van der Waals surface area (Å²) >= 11 is 0. The average molecular weight is 468 g/mol. The molecule has 6 rings (SSSR count). The minimum absolute atomic E-state index is 0.00576. The Morgan fingerprint density at radius 3 is 2.86 bits per heavy atom. The number of benzene rings is 1. The number of H-pyrrole nitrogens is 1. The molecule has 2 fully saturated rings. The number of likely N-dealkylation sites (N-methyl/N-ethyl adjacent to an activating group) is 1. The highest BCUT2D eigenvalue weighted by atomic mass is 16.2. The number of aryl methyl sites for hydroxylation is 1. The Hall–Kier alpha value is -3.70. The first-order chi connectivity index (χ1) is 16.9. The molecule has 3 aliphatic rings. The first-order valence-electron chi connectivity index (χ1n) is 12.2. The lowest BCUT2D eigenvalue weighted by atomic mass is 9.79. The van der Waals surface area contributed by atoms with Crippen LogP contribution in [0.2, 0.25) is 0 Å². The van der Waals surface area contributed by atoms with Crippen molar-refractivity contribution in [2.75, 3.05) is 44.7 Å². The third-order valence-electron chi connectivity index (χ3n) is 7.99. The van der Waals surface area contributed by atoms with Crippen molar-refractivity contribution in [1.82, 2.24) is 25.0 Å². The molecule has 1 aromatic carbocycles. The van der Waals surface area contributed by atoms with E-state index in [1.165, 1.54) is 6.08 Å². The molecule has 0 aliphatic carbocycles. The number of aromatic nitrogens is 3. The molecule has 8 nitrogen and oxygen atoms in total. The maximum atomic E-state index is 12.0. The van der Waals surface area contributed by atoms with Gasteiger partial charge in [-0.15, -0.1) is 0 Å². The molecule has 0 atom stereocenters. The number of nitriles is 1. The number of carbonyl (C=O) groups is 1. The van der Waals surface area contributed by atoms with E-state index >= 15 is 0 Å². The quantitative estimate of drug-likeness (QED) is 0.596. The molecule has 3 aromatic rings. The minimum atomic E-state index is -0.00576. The molecule has 3 aliphatic heterocycles. The first-order valence-corrected chi connectivity index (χ1v) is 12.2. The SMILES string of the molecule is C=CC(=O)N1CC2(CCN(c3nc4c(c(-c5c(C)ccc6[nH]ncc56)c3C#N)CN(C)CC4)C2)C1. The number of aromatic amines is 1. The van der Waals surface area contributed by atoms with Crippen molar-refractivity contribution in [2.24, 2.45) is 5.41 Å². The number of amides is 1. The number of nitrogens with zero attached hydrogens (tertiary/aromatic N) is 6. The van der Waals surface area contributed by atoms with Crippen LogP contribution in [-0.4, -0.2) is 70.7 Å². The number of anilines is 1. The van der Waals surface area contributed by atoms with Crippen molar-refractivity contribution >= 4 is 22.6 Å². The van der Waals surface area contributed by atoms with Crippen molar-refractivity contribution in [2.45, 2.75) is 26.3 Å². The summed E-state index contributed by atoms with van der Waals surface area (Å²) in [5.41, 5.74) is 7.12. The summed E-state index contributed by atoms with van der Waals surface area (Å²) in [4.78, 5) is 23.6. The maximum Gasteiger partial charge on any atom is 0.245 e. The van der Waals surface area contributed by atoms with E-state index in [2.05, 4.69) is 52.7 Å². The van der Waals surface area contributed by atoms with Gasteiger partial charge in [0, 0.05) is 67.7 Å². The number of hydrogen-bond acceptors (Lipinski definition) is 6. The zero-order valence-electron chi connectivity index (χ0n) is 20.3. The zero-order valence-corrected chi connectivity index (χ0v) is 20.3. The lowest BCUT2D eigenvalue weighted by molar-refractivity contribution is -0.136. The van der Waals surface area contributed by atoms with Gasteiger partial charge in [-0.2, -0.15) is 10.4 Å². The zero-order chi connectivity index (χ0) is 24.3. The Balaban J connectivity index is 1.49. The Morgan fingerprint density at radius 2 is 2.09 bits per heavy atom. The van der Waals surface area contributed by atoms with E-state index in [1.54, 1.807) is 0 Å². The first kappa shape index (κ1) is 21.8. The molecule has 5 heterocycles. The van der Waals surface area contributed by atoms with Crippen molar-refractivity contribution in [3.05, 3.63) is 53.4 Å². The predicted octanol–water partition coefficient (Wildman–Crippen LogP) is 3.02. The van der Waals surface area contributed by atoms with E-state index in [1.807, 2.05) is 17.2 Å². The molecule has 1 spiro atoms. The molecule has 2 aromatic heterocycles. The largest absolute Gasteiger partial charge is 0.355 e. The molecule has 0 unspecified atom stereocenters. The molecule has 1 N–H and O–H groups in total. The number of fused-ring (bicyclic) bond motifs is 2. The topological polar surface area (TPSA) is 92.1 Å². The maximum absolute atomic E-state index is 12.0. The standard InChI is InChI=1S/C27H29N7O/c1-4-23(35)34-15-27(16-34)8-10-33(14-27)26-18(11-28)25(20-13-32(3)9-7-21(20)30-26)24-17(2)5-6-22-19(24)12-29-31-22/h4-6,12H,1,7-10,13-16H2,2-3H3,(H,29,31). The third kappa shape index (κ3) is 3.34. The van der Waals surface area contributed by atoms with Crippen LogP contribution in [0.15, 0.2) is 31.0 Å². The molecule has 1 amide bonds. The van der Waals surface area contributed by atoms with Crippen LogP contribution >= 0.6 is 0 Å². The molecule has 8 heteroatoms. The van der Waals surface area contributed by atoms with Crippen LogP contribution in [0, 0.1) is 23.7 Å². The molecule has 178 valence electrons. The average Bonchev–Trinajstić information content (AvgIpc) is 3.49. The van der Waals surface area contributed by atoms with Gasteiger partial charge in [0.05, 0.1) is 11.7 Å². The summed E-state index contributed by atoms with van der Waals surface area (Å²) in [6, 6.07) is 6.70. The third-order valence-corrected chi connectivity index (χ3v) is 7.99. The lowest BCUT2D eigenvalue weighted by Crippen LogP contribution is -2.59. The predicted molar refractivity (Wildman–Crippen MR) is 135 cm³/mol. The molecular formula is C27H29N7O. The highest BCUT2D eigenvalue weighted by Crippen LogP contribution is 2.45.